The average molecular weight is 361 g/mol. The number of rotatable bonds is 2. The number of carbonyl (C=O) groups excluding carboxylic acids is 1. The van der Waals surface area contributed by atoms with Crippen molar-refractivity contribution in [3.05, 3.63) is 74.0 Å². The second kappa shape index (κ2) is 6.29. The number of hydrogen-bond donors (Lipinski definition) is 1. The third kappa shape index (κ3) is 2.78. The van der Waals surface area contributed by atoms with Crippen LogP contribution in [0.4, 0.5) is 0 Å². The van der Waals surface area contributed by atoms with E-state index in [1.165, 1.54) is 11.7 Å². The van der Waals surface area contributed by atoms with Crippen molar-refractivity contribution in [3.8, 4) is 5.75 Å². The molecule has 25 heavy (non-hydrogen) atoms. The Morgan fingerprint density at radius 1 is 1.32 bits per heavy atom. The Bertz CT molecular complexity index is 945. The minimum Gasteiger partial charge on any atom is -0.465 e. The number of methoxy groups -OCH3 is 1. The molecule has 0 saturated carbocycles. The van der Waals surface area contributed by atoms with Crippen LogP contribution in [0.1, 0.15) is 22.7 Å². The second-order valence-electron chi connectivity index (χ2n) is 5.78. The van der Waals surface area contributed by atoms with E-state index in [0.29, 0.717) is 27.6 Å². The standard InChI is InChI=1S/C18H17ClN2O4/c1-9-8-12-14(17(22)21(9)2)13(10-4-6-11(19)7-5-10)15(16(20)25-12)18(23)24-3/h4-8,13H,20H2,1-3H3/t13-/m0/s1. The molecule has 0 radical (unpaired) electrons. The van der Waals surface area contributed by atoms with Crippen molar-refractivity contribution in [2.24, 2.45) is 12.8 Å². The molecule has 1 aliphatic rings. The van der Waals surface area contributed by atoms with Crippen LogP contribution in [-0.2, 0) is 16.6 Å². The fraction of sp³-hybridized carbons (Fsp3) is 0.222. The SMILES string of the molecule is COC(=O)C1=C(N)Oc2cc(C)n(C)c(=O)c2[C@@H]1c1ccc(Cl)cc1. The van der Waals surface area contributed by atoms with Crippen LogP contribution in [0.3, 0.4) is 0 Å². The summed E-state index contributed by atoms with van der Waals surface area (Å²) in [6.07, 6.45) is 0. The number of esters is 1. The van der Waals surface area contributed by atoms with E-state index in [1.807, 2.05) is 0 Å². The molecule has 7 heteroatoms. The summed E-state index contributed by atoms with van der Waals surface area (Å²) in [7, 11) is 2.92. The van der Waals surface area contributed by atoms with Crippen LogP contribution in [0.25, 0.3) is 0 Å². The molecule has 0 fully saturated rings. The summed E-state index contributed by atoms with van der Waals surface area (Å²) in [6.45, 7) is 1.79. The van der Waals surface area contributed by atoms with Crippen LogP contribution in [0.2, 0.25) is 5.02 Å². The highest BCUT2D eigenvalue weighted by Gasteiger charge is 2.37. The molecule has 0 saturated heterocycles. The molecule has 2 N–H and O–H groups in total. The summed E-state index contributed by atoms with van der Waals surface area (Å²) in [5, 5.41) is 0.546. The molecule has 130 valence electrons. The first-order valence-corrected chi connectivity index (χ1v) is 7.94. The second-order valence-corrected chi connectivity index (χ2v) is 6.22. The molecule has 1 aliphatic heterocycles. The lowest BCUT2D eigenvalue weighted by atomic mass is 9.83. The van der Waals surface area contributed by atoms with E-state index in [2.05, 4.69) is 0 Å². The Morgan fingerprint density at radius 3 is 2.56 bits per heavy atom. The summed E-state index contributed by atoms with van der Waals surface area (Å²) in [6, 6.07) is 8.60. The van der Waals surface area contributed by atoms with Gasteiger partial charge in [0.2, 0.25) is 5.88 Å². The number of benzene rings is 1. The minimum absolute atomic E-state index is 0.0769. The first-order chi connectivity index (χ1) is 11.8. The van der Waals surface area contributed by atoms with Crippen LogP contribution in [0.5, 0.6) is 5.75 Å². The van der Waals surface area contributed by atoms with E-state index in [9.17, 15) is 9.59 Å². The highest BCUT2D eigenvalue weighted by Crippen LogP contribution is 2.41. The number of halogens is 1. The van der Waals surface area contributed by atoms with Gasteiger partial charge in [0.05, 0.1) is 18.6 Å². The number of nitrogens with two attached hydrogens (primary N) is 1. The molecule has 6 nitrogen and oxygen atoms in total. The van der Waals surface area contributed by atoms with Gasteiger partial charge in [-0.2, -0.15) is 0 Å². The van der Waals surface area contributed by atoms with E-state index >= 15 is 0 Å². The summed E-state index contributed by atoms with van der Waals surface area (Å²) in [4.78, 5) is 25.2. The molecular weight excluding hydrogens is 344 g/mol. The molecule has 3 rings (SSSR count). The van der Waals surface area contributed by atoms with Gasteiger partial charge in [-0.25, -0.2) is 4.79 Å². The number of fused-ring (bicyclic) bond motifs is 1. The number of carbonyl (C=O) groups is 1. The molecule has 0 amide bonds. The molecule has 2 heterocycles. The van der Waals surface area contributed by atoms with Gasteiger partial charge < -0.3 is 19.8 Å². The maximum atomic E-state index is 12.9. The third-order valence-electron chi connectivity index (χ3n) is 4.34. The van der Waals surface area contributed by atoms with Crippen LogP contribution >= 0.6 is 11.6 Å². The van der Waals surface area contributed by atoms with Crippen molar-refractivity contribution in [1.29, 1.82) is 0 Å². The number of ether oxygens (including phenoxy) is 2. The fourth-order valence-corrected chi connectivity index (χ4v) is 3.06. The zero-order valence-corrected chi connectivity index (χ0v) is 14.8. The van der Waals surface area contributed by atoms with Crippen molar-refractivity contribution < 1.29 is 14.3 Å². The minimum atomic E-state index is -0.701. The smallest absolute Gasteiger partial charge is 0.340 e. The molecule has 0 aliphatic carbocycles. The van der Waals surface area contributed by atoms with Gasteiger partial charge in [0.25, 0.3) is 5.56 Å². The Balaban J connectivity index is 2.34. The van der Waals surface area contributed by atoms with Gasteiger partial charge in [-0.05, 0) is 24.6 Å². The number of pyridine rings is 1. The molecule has 0 unspecified atom stereocenters. The highest BCUT2D eigenvalue weighted by atomic mass is 35.5. The highest BCUT2D eigenvalue weighted by molar-refractivity contribution is 6.30. The third-order valence-corrected chi connectivity index (χ3v) is 4.59. The van der Waals surface area contributed by atoms with Crippen molar-refractivity contribution in [2.45, 2.75) is 12.8 Å². The van der Waals surface area contributed by atoms with Crippen molar-refractivity contribution in [3.63, 3.8) is 0 Å². The molecular formula is C18H17ClN2O4. The summed E-state index contributed by atoms with van der Waals surface area (Å²) in [5.74, 6) is -1.09. The fourth-order valence-electron chi connectivity index (χ4n) is 2.94. The van der Waals surface area contributed by atoms with Crippen molar-refractivity contribution >= 4 is 17.6 Å². The van der Waals surface area contributed by atoms with Gasteiger partial charge in [0, 0.05) is 23.8 Å². The Kier molecular flexibility index (Phi) is 4.30. The predicted octanol–water partition coefficient (Wildman–Crippen LogP) is 2.21. The Morgan fingerprint density at radius 2 is 1.96 bits per heavy atom. The van der Waals surface area contributed by atoms with Crippen LogP contribution in [-0.4, -0.2) is 17.6 Å². The van der Waals surface area contributed by atoms with E-state index in [0.717, 1.165) is 0 Å². The van der Waals surface area contributed by atoms with Crippen molar-refractivity contribution in [2.75, 3.05) is 7.11 Å². The molecule has 1 aromatic heterocycles. The van der Waals surface area contributed by atoms with Gasteiger partial charge in [-0.1, -0.05) is 23.7 Å². The van der Waals surface area contributed by atoms with E-state index in [1.54, 1.807) is 44.3 Å². The largest absolute Gasteiger partial charge is 0.465 e. The first-order valence-electron chi connectivity index (χ1n) is 7.57. The van der Waals surface area contributed by atoms with E-state index in [-0.39, 0.29) is 17.0 Å². The van der Waals surface area contributed by atoms with Gasteiger partial charge in [0.15, 0.2) is 0 Å². The monoisotopic (exact) mass is 360 g/mol. The van der Waals surface area contributed by atoms with Crippen molar-refractivity contribution in [1.82, 2.24) is 4.57 Å². The maximum absolute atomic E-state index is 12.9. The molecule has 1 atom stereocenters. The van der Waals surface area contributed by atoms with Crippen LogP contribution in [0, 0.1) is 6.92 Å². The van der Waals surface area contributed by atoms with Gasteiger partial charge in [-0.3, -0.25) is 4.79 Å². The lowest BCUT2D eigenvalue weighted by Crippen LogP contribution is -2.34. The van der Waals surface area contributed by atoms with Gasteiger partial charge >= 0.3 is 5.97 Å². The van der Waals surface area contributed by atoms with E-state index < -0.39 is 11.9 Å². The molecule has 1 aromatic carbocycles. The normalized spacial score (nSPS) is 16.2. The molecule has 2 aromatic rings. The summed E-state index contributed by atoms with van der Waals surface area (Å²) in [5.41, 5.74) is 7.57. The zero-order valence-electron chi connectivity index (χ0n) is 14.0. The van der Waals surface area contributed by atoms with Crippen LogP contribution in [0.15, 0.2) is 46.6 Å². The van der Waals surface area contributed by atoms with E-state index in [4.69, 9.17) is 26.8 Å². The topological polar surface area (TPSA) is 83.5 Å². The average Bonchev–Trinajstić information content (AvgIpc) is 2.59. The maximum Gasteiger partial charge on any atom is 0.340 e. The Hall–Kier alpha value is -2.73. The van der Waals surface area contributed by atoms with Crippen LogP contribution < -0.4 is 16.0 Å². The Labute approximate surface area is 149 Å². The number of aryl methyl sites for hydroxylation is 1. The quantitative estimate of drug-likeness (QED) is 0.830. The molecule has 0 spiro atoms. The first kappa shape index (κ1) is 17.1. The zero-order chi connectivity index (χ0) is 18.3. The van der Waals surface area contributed by atoms with Gasteiger partial charge in [0.1, 0.15) is 11.3 Å². The lowest BCUT2D eigenvalue weighted by Gasteiger charge is -2.28. The summed E-state index contributed by atoms with van der Waals surface area (Å²) >= 11 is 5.96. The molecule has 0 bridgehead atoms. The summed E-state index contributed by atoms with van der Waals surface area (Å²) < 4.78 is 11.9. The predicted molar refractivity (Wildman–Crippen MR) is 93.6 cm³/mol. The number of hydrogen-bond acceptors (Lipinski definition) is 5. The number of nitrogens with zero attached hydrogens (tertiary/aromatic N) is 1. The lowest BCUT2D eigenvalue weighted by molar-refractivity contribution is -0.136. The number of aromatic nitrogens is 1. The van der Waals surface area contributed by atoms with Gasteiger partial charge in [-0.15, -0.1) is 0 Å².